The van der Waals surface area contributed by atoms with E-state index in [2.05, 4.69) is 31.0 Å². The molecule has 4 heteroatoms. The zero-order chi connectivity index (χ0) is 13.8. The second kappa shape index (κ2) is 6.71. The Morgan fingerprint density at radius 3 is 2.84 bits per heavy atom. The van der Waals surface area contributed by atoms with Gasteiger partial charge >= 0.3 is 0 Å². The molecule has 2 rings (SSSR count). The maximum absolute atomic E-state index is 12.5. The van der Waals surface area contributed by atoms with Crippen molar-refractivity contribution in [2.45, 2.75) is 58.7 Å². The van der Waals surface area contributed by atoms with E-state index >= 15 is 0 Å². The average Bonchev–Trinajstić information content (AvgIpc) is 2.94. The normalized spacial score (nSPS) is 31.7. The Bertz CT molecular complexity index is 301. The summed E-state index contributed by atoms with van der Waals surface area (Å²) in [7, 11) is 0. The molecule has 0 saturated carbocycles. The zero-order valence-electron chi connectivity index (χ0n) is 12.5. The summed E-state index contributed by atoms with van der Waals surface area (Å²) >= 11 is 0. The van der Waals surface area contributed by atoms with Crippen molar-refractivity contribution in [3.8, 4) is 0 Å². The summed E-state index contributed by atoms with van der Waals surface area (Å²) < 4.78 is 5.43. The Hall–Kier alpha value is -0.610. The topological polar surface area (TPSA) is 41.6 Å². The highest BCUT2D eigenvalue weighted by molar-refractivity contribution is 5.84. The molecule has 110 valence electrons. The minimum atomic E-state index is 0.0380. The molecular weight excluding hydrogens is 240 g/mol. The zero-order valence-corrected chi connectivity index (χ0v) is 12.5. The van der Waals surface area contributed by atoms with Crippen molar-refractivity contribution in [1.82, 2.24) is 10.2 Å². The summed E-state index contributed by atoms with van der Waals surface area (Å²) in [5.74, 6) is 1.44. The molecule has 0 aromatic rings. The first-order chi connectivity index (χ1) is 9.11. The molecular formula is C15H28N2O2. The number of nitrogens with one attached hydrogen (secondary N) is 1. The summed E-state index contributed by atoms with van der Waals surface area (Å²) in [5.41, 5.74) is 0. The molecule has 2 aliphatic rings. The van der Waals surface area contributed by atoms with Gasteiger partial charge in [0.2, 0.25) is 5.91 Å². The second-order valence-electron chi connectivity index (χ2n) is 6.37. The van der Waals surface area contributed by atoms with Gasteiger partial charge in [0.15, 0.2) is 0 Å². The molecule has 0 bridgehead atoms. The van der Waals surface area contributed by atoms with Crippen molar-refractivity contribution >= 4 is 5.91 Å². The Morgan fingerprint density at radius 1 is 1.47 bits per heavy atom. The summed E-state index contributed by atoms with van der Waals surface area (Å²) in [6.45, 7) is 9.11. The van der Waals surface area contributed by atoms with Crippen LogP contribution in [-0.2, 0) is 9.53 Å². The van der Waals surface area contributed by atoms with Crippen LogP contribution in [0.25, 0.3) is 0 Å². The van der Waals surface area contributed by atoms with E-state index in [9.17, 15) is 4.79 Å². The van der Waals surface area contributed by atoms with Crippen LogP contribution in [0.2, 0.25) is 0 Å². The first-order valence-electron chi connectivity index (χ1n) is 7.76. The summed E-state index contributed by atoms with van der Waals surface area (Å²) in [6, 6.07) is 0.0380. The van der Waals surface area contributed by atoms with Crippen LogP contribution in [0.5, 0.6) is 0 Å². The van der Waals surface area contributed by atoms with E-state index in [0.717, 1.165) is 45.4 Å². The quantitative estimate of drug-likeness (QED) is 0.801. The van der Waals surface area contributed by atoms with Gasteiger partial charge in [0.25, 0.3) is 0 Å². The number of amides is 1. The molecule has 2 fully saturated rings. The first kappa shape index (κ1) is 14.8. The maximum atomic E-state index is 12.5. The van der Waals surface area contributed by atoms with Crippen LogP contribution in [0.15, 0.2) is 0 Å². The number of nitrogens with zero attached hydrogens (tertiary/aromatic N) is 1. The van der Waals surface area contributed by atoms with Crippen LogP contribution < -0.4 is 5.32 Å². The third kappa shape index (κ3) is 3.69. The lowest BCUT2D eigenvalue weighted by Crippen LogP contribution is -2.41. The van der Waals surface area contributed by atoms with Crippen molar-refractivity contribution < 1.29 is 9.53 Å². The first-order valence-corrected chi connectivity index (χ1v) is 7.76. The monoisotopic (exact) mass is 268 g/mol. The molecule has 2 heterocycles. The van der Waals surface area contributed by atoms with E-state index in [0.29, 0.717) is 17.7 Å². The highest BCUT2D eigenvalue weighted by Gasteiger charge is 2.39. The van der Waals surface area contributed by atoms with Crippen LogP contribution in [0.3, 0.4) is 0 Å². The van der Waals surface area contributed by atoms with E-state index in [4.69, 9.17) is 4.74 Å². The van der Waals surface area contributed by atoms with E-state index in [1.807, 2.05) is 0 Å². The molecule has 0 radical (unpaired) electrons. The molecule has 19 heavy (non-hydrogen) atoms. The van der Waals surface area contributed by atoms with Gasteiger partial charge in [-0.1, -0.05) is 27.2 Å². The Kier molecular flexibility index (Phi) is 5.22. The standard InChI is InChI=1S/C15H28N2O2/c1-4-5-13-15(18)17(9-12-6-7-19-10-12)14(16-13)8-11(2)3/h11-14,16H,4-10H2,1-3H3. The molecule has 0 aromatic heterocycles. The predicted octanol–water partition coefficient (Wildman–Crippen LogP) is 2.00. The predicted molar refractivity (Wildman–Crippen MR) is 75.7 cm³/mol. The number of rotatable bonds is 6. The van der Waals surface area contributed by atoms with E-state index in [-0.39, 0.29) is 12.2 Å². The van der Waals surface area contributed by atoms with Crippen LogP contribution in [0.4, 0.5) is 0 Å². The summed E-state index contributed by atoms with van der Waals surface area (Å²) in [5, 5.41) is 3.53. The molecule has 1 N–H and O–H groups in total. The molecule has 0 aliphatic carbocycles. The van der Waals surface area contributed by atoms with Crippen LogP contribution >= 0.6 is 0 Å². The Morgan fingerprint density at radius 2 is 2.26 bits per heavy atom. The van der Waals surface area contributed by atoms with Crippen molar-refractivity contribution in [3.63, 3.8) is 0 Å². The number of carbonyl (C=O) groups is 1. The summed E-state index contributed by atoms with van der Waals surface area (Å²) in [6.07, 6.45) is 4.36. The second-order valence-corrected chi connectivity index (χ2v) is 6.37. The van der Waals surface area contributed by atoms with Gasteiger partial charge in [-0.3, -0.25) is 10.1 Å². The molecule has 3 unspecified atom stereocenters. The van der Waals surface area contributed by atoms with Gasteiger partial charge in [0, 0.05) is 19.1 Å². The molecule has 0 aromatic carbocycles. The number of hydrogen-bond acceptors (Lipinski definition) is 3. The van der Waals surface area contributed by atoms with Crippen molar-refractivity contribution in [3.05, 3.63) is 0 Å². The van der Waals surface area contributed by atoms with Crippen molar-refractivity contribution in [2.75, 3.05) is 19.8 Å². The molecule has 2 saturated heterocycles. The highest BCUT2D eigenvalue weighted by Crippen LogP contribution is 2.23. The SMILES string of the molecule is CCCC1NC(CC(C)C)N(CC2CCOC2)C1=O. The summed E-state index contributed by atoms with van der Waals surface area (Å²) in [4.78, 5) is 14.6. The van der Waals surface area contributed by atoms with Gasteiger partial charge < -0.3 is 9.64 Å². The van der Waals surface area contributed by atoms with Gasteiger partial charge in [-0.25, -0.2) is 0 Å². The molecule has 4 nitrogen and oxygen atoms in total. The Balaban J connectivity index is 1.99. The van der Waals surface area contributed by atoms with Gasteiger partial charge in [-0.05, 0) is 25.2 Å². The maximum Gasteiger partial charge on any atom is 0.241 e. The van der Waals surface area contributed by atoms with Gasteiger partial charge in [-0.2, -0.15) is 0 Å². The minimum absolute atomic E-state index is 0.0380. The van der Waals surface area contributed by atoms with E-state index in [1.165, 1.54) is 0 Å². The van der Waals surface area contributed by atoms with Crippen molar-refractivity contribution in [1.29, 1.82) is 0 Å². The fourth-order valence-electron chi connectivity index (χ4n) is 3.11. The lowest BCUT2D eigenvalue weighted by molar-refractivity contribution is -0.130. The third-order valence-electron chi connectivity index (χ3n) is 4.10. The van der Waals surface area contributed by atoms with Gasteiger partial charge in [0.1, 0.15) is 0 Å². The molecule has 3 atom stereocenters. The Labute approximate surface area is 116 Å². The fourth-order valence-corrected chi connectivity index (χ4v) is 3.11. The smallest absolute Gasteiger partial charge is 0.241 e. The van der Waals surface area contributed by atoms with Gasteiger partial charge in [-0.15, -0.1) is 0 Å². The van der Waals surface area contributed by atoms with Crippen molar-refractivity contribution in [2.24, 2.45) is 11.8 Å². The number of hydrogen-bond donors (Lipinski definition) is 1. The third-order valence-corrected chi connectivity index (χ3v) is 4.10. The van der Waals surface area contributed by atoms with Gasteiger partial charge in [0.05, 0.1) is 18.8 Å². The molecule has 0 spiro atoms. The van der Waals surface area contributed by atoms with E-state index in [1.54, 1.807) is 0 Å². The van der Waals surface area contributed by atoms with Crippen LogP contribution in [0, 0.1) is 11.8 Å². The molecule has 1 amide bonds. The highest BCUT2D eigenvalue weighted by atomic mass is 16.5. The lowest BCUT2D eigenvalue weighted by Gasteiger charge is -2.27. The van der Waals surface area contributed by atoms with E-state index < -0.39 is 0 Å². The largest absolute Gasteiger partial charge is 0.381 e. The molecule has 2 aliphatic heterocycles. The number of ether oxygens (including phenoxy) is 1. The average molecular weight is 268 g/mol. The lowest BCUT2D eigenvalue weighted by atomic mass is 10.1. The fraction of sp³-hybridized carbons (Fsp3) is 0.933. The van der Waals surface area contributed by atoms with Crippen LogP contribution in [-0.4, -0.2) is 42.8 Å². The van der Waals surface area contributed by atoms with Crippen LogP contribution in [0.1, 0.15) is 46.5 Å². The number of carbonyl (C=O) groups excluding carboxylic acids is 1. The minimum Gasteiger partial charge on any atom is -0.381 e.